The maximum Gasteiger partial charge on any atom is 0.501 e. The van der Waals surface area contributed by atoms with E-state index in [4.69, 9.17) is 0 Å². The number of anilines is 1. The number of nitrogens with zero attached hydrogens (tertiary/aromatic N) is 2. The number of hydrogen-bond acceptors (Lipinski definition) is 9. The molecule has 46 heavy (non-hydrogen) atoms. The van der Waals surface area contributed by atoms with Crippen molar-refractivity contribution in [2.24, 2.45) is 0 Å². The average Bonchev–Trinajstić information content (AvgIpc) is 3.02. The topological polar surface area (TPSA) is 116 Å². The van der Waals surface area contributed by atoms with E-state index in [0.717, 1.165) is 43.2 Å². The van der Waals surface area contributed by atoms with Crippen molar-refractivity contribution in [2.75, 3.05) is 43.8 Å². The number of alkyl halides is 3. The minimum Gasteiger partial charge on any atom is -0.380 e. The first kappa shape index (κ1) is 35.7. The molecule has 1 aliphatic rings. The molecule has 0 saturated carbocycles. The zero-order valence-electron chi connectivity index (χ0n) is 25.4. The van der Waals surface area contributed by atoms with Crippen LogP contribution in [0.5, 0.6) is 0 Å². The Hall–Kier alpha value is -3.11. The first-order valence-electron chi connectivity index (χ1n) is 14.7. The van der Waals surface area contributed by atoms with Crippen molar-refractivity contribution >= 4 is 43.2 Å². The standard InChI is InChI=1S/C31H37F3N4O5S3/c1-23(2)38-19-17-37(18-20-38)16-15-25(22-44-26-11-7-4-8-12-26)35-28-14-13-27(21-29(28)45(40,41)31(32,33)34)46(42,43)36-30(39)24-9-5-3-6-10-24/h3-14,21,23,25,35H,15-20,22H2,1-2H3,(H,36,39). The van der Waals surface area contributed by atoms with Gasteiger partial charge in [0.1, 0.15) is 4.90 Å². The molecule has 1 saturated heterocycles. The summed E-state index contributed by atoms with van der Waals surface area (Å²) in [5.74, 6) is -0.621. The van der Waals surface area contributed by atoms with Gasteiger partial charge in [0.25, 0.3) is 25.8 Å². The number of sulfonamides is 1. The third kappa shape index (κ3) is 9.25. The van der Waals surface area contributed by atoms with Crippen molar-refractivity contribution in [1.29, 1.82) is 0 Å². The van der Waals surface area contributed by atoms with Gasteiger partial charge in [-0.25, -0.2) is 21.6 Å². The smallest absolute Gasteiger partial charge is 0.380 e. The Balaban J connectivity index is 1.62. The molecule has 0 bridgehead atoms. The van der Waals surface area contributed by atoms with Crippen LogP contribution in [0.2, 0.25) is 0 Å². The number of rotatable bonds is 13. The van der Waals surface area contributed by atoms with Crippen LogP contribution in [0.3, 0.4) is 0 Å². The minimum absolute atomic E-state index is 0.00289. The lowest BCUT2D eigenvalue weighted by Crippen LogP contribution is -2.49. The number of halogens is 3. The molecular weight excluding hydrogens is 662 g/mol. The van der Waals surface area contributed by atoms with E-state index in [2.05, 4.69) is 29.0 Å². The number of carbonyl (C=O) groups excluding carboxylic acids is 1. The van der Waals surface area contributed by atoms with Crippen LogP contribution in [0.4, 0.5) is 18.9 Å². The first-order valence-corrected chi connectivity index (χ1v) is 18.6. The second-order valence-corrected chi connectivity index (χ2v) is 15.8. The van der Waals surface area contributed by atoms with Crippen LogP contribution in [-0.2, 0) is 19.9 Å². The van der Waals surface area contributed by atoms with Gasteiger partial charge >= 0.3 is 5.51 Å². The molecule has 0 radical (unpaired) electrons. The minimum atomic E-state index is -6.00. The molecule has 3 aromatic rings. The molecule has 250 valence electrons. The number of sulfone groups is 1. The quantitative estimate of drug-likeness (QED) is 0.236. The van der Waals surface area contributed by atoms with Gasteiger partial charge in [-0.3, -0.25) is 9.69 Å². The van der Waals surface area contributed by atoms with Gasteiger partial charge in [0.2, 0.25) is 0 Å². The largest absolute Gasteiger partial charge is 0.501 e. The zero-order chi connectivity index (χ0) is 33.5. The number of piperazine rings is 1. The number of amides is 1. The Morgan fingerprint density at radius 3 is 2.09 bits per heavy atom. The lowest BCUT2D eigenvalue weighted by atomic mass is 10.2. The van der Waals surface area contributed by atoms with Crippen LogP contribution in [0.1, 0.15) is 30.6 Å². The van der Waals surface area contributed by atoms with E-state index in [1.54, 1.807) is 10.8 Å². The maximum atomic E-state index is 13.9. The first-order chi connectivity index (χ1) is 21.7. The molecule has 1 atom stereocenters. The fourth-order valence-electron chi connectivity index (χ4n) is 4.94. The van der Waals surface area contributed by atoms with Gasteiger partial charge in [0.05, 0.1) is 10.6 Å². The fraction of sp³-hybridized carbons (Fsp3) is 0.387. The van der Waals surface area contributed by atoms with Crippen LogP contribution in [0, 0.1) is 0 Å². The number of benzene rings is 3. The van der Waals surface area contributed by atoms with Gasteiger partial charge in [-0.1, -0.05) is 36.4 Å². The van der Waals surface area contributed by atoms with Gasteiger partial charge in [-0.2, -0.15) is 13.2 Å². The number of nitrogens with one attached hydrogen (secondary N) is 2. The van der Waals surface area contributed by atoms with Gasteiger partial charge < -0.3 is 10.2 Å². The normalized spacial score (nSPS) is 15.9. The van der Waals surface area contributed by atoms with Crippen molar-refractivity contribution in [3.63, 3.8) is 0 Å². The molecule has 4 rings (SSSR count). The highest BCUT2D eigenvalue weighted by atomic mass is 32.2. The lowest BCUT2D eigenvalue weighted by molar-refractivity contribution is -0.0435. The average molecular weight is 699 g/mol. The molecule has 1 aliphatic heterocycles. The number of thioether (sulfide) groups is 1. The van der Waals surface area contributed by atoms with E-state index in [9.17, 15) is 34.8 Å². The molecule has 9 nitrogen and oxygen atoms in total. The van der Waals surface area contributed by atoms with Crippen LogP contribution in [0.25, 0.3) is 0 Å². The molecular formula is C31H37F3N4O5S3. The molecule has 1 amide bonds. The van der Waals surface area contributed by atoms with Crippen molar-refractivity contribution in [2.45, 2.75) is 52.5 Å². The molecule has 1 heterocycles. The summed E-state index contributed by atoms with van der Waals surface area (Å²) < 4.78 is 95.1. The van der Waals surface area contributed by atoms with Crippen molar-refractivity contribution in [1.82, 2.24) is 14.5 Å². The summed E-state index contributed by atoms with van der Waals surface area (Å²) in [6, 6.07) is 19.1. The monoisotopic (exact) mass is 698 g/mol. The van der Waals surface area contributed by atoms with Crippen LogP contribution < -0.4 is 10.0 Å². The number of hydrogen-bond donors (Lipinski definition) is 2. The Bertz CT molecular complexity index is 1680. The molecule has 0 spiro atoms. The molecule has 15 heteroatoms. The van der Waals surface area contributed by atoms with Crippen LogP contribution >= 0.6 is 11.8 Å². The Labute approximate surface area is 272 Å². The fourth-order valence-corrected chi connectivity index (χ4v) is 7.95. The molecule has 0 aliphatic carbocycles. The Kier molecular flexibility index (Phi) is 11.8. The summed E-state index contributed by atoms with van der Waals surface area (Å²) >= 11 is 1.47. The van der Waals surface area contributed by atoms with Gasteiger partial charge in [0.15, 0.2) is 0 Å². The summed E-state index contributed by atoms with van der Waals surface area (Å²) in [5, 5.41) is 2.99. The maximum absolute atomic E-state index is 13.9. The summed E-state index contributed by atoms with van der Waals surface area (Å²) in [4.78, 5) is 16.0. The Morgan fingerprint density at radius 1 is 0.891 bits per heavy atom. The SMILES string of the molecule is CC(C)N1CCN(CCC(CSc2ccccc2)Nc2ccc(S(=O)(=O)NC(=O)c3ccccc3)cc2S(=O)(=O)C(F)(F)F)CC1. The summed E-state index contributed by atoms with van der Waals surface area (Å²) in [5.41, 5.74) is -6.09. The highest BCUT2D eigenvalue weighted by molar-refractivity contribution is 7.99. The highest BCUT2D eigenvalue weighted by Crippen LogP contribution is 2.36. The Morgan fingerprint density at radius 2 is 1.50 bits per heavy atom. The van der Waals surface area contributed by atoms with Gasteiger partial charge in [0, 0.05) is 61.0 Å². The zero-order valence-corrected chi connectivity index (χ0v) is 27.9. The van der Waals surface area contributed by atoms with Crippen LogP contribution in [0.15, 0.2) is 93.5 Å². The number of carbonyl (C=O) groups is 1. The van der Waals surface area contributed by atoms with E-state index >= 15 is 0 Å². The van der Waals surface area contributed by atoms with E-state index in [1.807, 2.05) is 30.3 Å². The van der Waals surface area contributed by atoms with Crippen LogP contribution in [-0.4, -0.2) is 88.6 Å². The third-order valence-electron chi connectivity index (χ3n) is 7.61. The molecule has 3 aromatic carbocycles. The summed E-state index contributed by atoms with van der Waals surface area (Å²) in [6.07, 6.45) is 0.486. The van der Waals surface area contributed by atoms with Crippen molar-refractivity contribution < 1.29 is 34.8 Å². The molecule has 1 fully saturated rings. The molecule has 2 N–H and O–H groups in total. The highest BCUT2D eigenvalue weighted by Gasteiger charge is 2.48. The predicted octanol–water partition coefficient (Wildman–Crippen LogP) is 5.09. The summed E-state index contributed by atoms with van der Waals surface area (Å²) in [7, 11) is -10.7. The van der Waals surface area contributed by atoms with Gasteiger partial charge in [-0.15, -0.1) is 11.8 Å². The van der Waals surface area contributed by atoms with E-state index in [1.165, 1.54) is 36.0 Å². The second kappa shape index (κ2) is 15.2. The second-order valence-electron chi connectivity index (χ2n) is 11.1. The van der Waals surface area contributed by atoms with E-state index in [0.29, 0.717) is 30.8 Å². The van der Waals surface area contributed by atoms with E-state index < -0.39 is 47.1 Å². The van der Waals surface area contributed by atoms with E-state index in [-0.39, 0.29) is 11.3 Å². The van der Waals surface area contributed by atoms with Gasteiger partial charge in [-0.05, 0) is 62.7 Å². The molecule has 0 aromatic heterocycles. The molecule has 1 unspecified atom stereocenters. The summed E-state index contributed by atoms with van der Waals surface area (Å²) in [6.45, 7) is 8.32. The predicted molar refractivity (Wildman–Crippen MR) is 173 cm³/mol. The van der Waals surface area contributed by atoms with Crippen molar-refractivity contribution in [3.8, 4) is 0 Å². The lowest BCUT2D eigenvalue weighted by Gasteiger charge is -2.37. The third-order valence-corrected chi connectivity index (χ3v) is 11.6. The van der Waals surface area contributed by atoms with Crippen molar-refractivity contribution in [3.05, 3.63) is 84.4 Å².